The Balaban J connectivity index is 2.19. The van der Waals surface area contributed by atoms with Gasteiger partial charge in [-0.05, 0) is 44.2 Å². The van der Waals surface area contributed by atoms with Crippen LogP contribution in [0.4, 0.5) is 0 Å². The highest BCUT2D eigenvalue weighted by Gasteiger charge is 2.20. The summed E-state index contributed by atoms with van der Waals surface area (Å²) in [5, 5.41) is 0. The van der Waals surface area contributed by atoms with E-state index in [1.165, 1.54) is 38.9 Å². The molecule has 1 saturated carbocycles. The summed E-state index contributed by atoms with van der Waals surface area (Å²) in [4.78, 5) is 2.61. The minimum absolute atomic E-state index is 0.785. The second-order valence-electron chi connectivity index (χ2n) is 5.09. The number of hydrogen-bond acceptors (Lipinski definition) is 2. The van der Waals surface area contributed by atoms with Gasteiger partial charge >= 0.3 is 0 Å². The largest absolute Gasteiger partial charge is 0.330 e. The monoisotopic (exact) mass is 198 g/mol. The summed E-state index contributed by atoms with van der Waals surface area (Å²) >= 11 is 0. The van der Waals surface area contributed by atoms with Crippen molar-refractivity contribution in [3.63, 3.8) is 0 Å². The van der Waals surface area contributed by atoms with Gasteiger partial charge in [0.1, 0.15) is 0 Å². The molecule has 0 radical (unpaired) electrons. The van der Waals surface area contributed by atoms with Gasteiger partial charge in [-0.25, -0.2) is 0 Å². The summed E-state index contributed by atoms with van der Waals surface area (Å²) in [6.45, 7) is 9.20. The van der Waals surface area contributed by atoms with Gasteiger partial charge in [0.05, 0.1) is 0 Å². The van der Waals surface area contributed by atoms with Crippen molar-refractivity contribution in [2.75, 3.05) is 26.2 Å². The Kier molecular flexibility index (Phi) is 5.49. The van der Waals surface area contributed by atoms with Crippen LogP contribution in [0.15, 0.2) is 0 Å². The molecule has 0 unspecified atom stereocenters. The molecule has 1 rings (SSSR count). The molecule has 2 N–H and O–H groups in total. The number of hydrogen-bond donors (Lipinski definition) is 1. The first-order chi connectivity index (χ1) is 6.72. The molecule has 0 aromatic heterocycles. The molecule has 0 spiro atoms. The van der Waals surface area contributed by atoms with Crippen molar-refractivity contribution in [3.05, 3.63) is 0 Å². The smallest absolute Gasteiger partial charge is 0.000978 e. The lowest BCUT2D eigenvalue weighted by molar-refractivity contribution is 0.163. The number of rotatable bonds is 7. The second kappa shape index (κ2) is 6.41. The molecule has 2 nitrogen and oxygen atoms in total. The van der Waals surface area contributed by atoms with E-state index in [0.29, 0.717) is 0 Å². The molecule has 0 saturated heterocycles. The fourth-order valence-electron chi connectivity index (χ4n) is 2.13. The Morgan fingerprint density at radius 2 is 2.07 bits per heavy atom. The standard InChI is InChI=1S/C12H26N2/c1-11(2)9-14(8-4-7-13)10-12-5-3-6-12/h11-12H,3-10,13H2,1-2H3. The van der Waals surface area contributed by atoms with Gasteiger partial charge in [0.2, 0.25) is 0 Å². The van der Waals surface area contributed by atoms with Crippen molar-refractivity contribution in [3.8, 4) is 0 Å². The molecule has 0 heterocycles. The van der Waals surface area contributed by atoms with Gasteiger partial charge in [0.25, 0.3) is 0 Å². The van der Waals surface area contributed by atoms with Gasteiger partial charge < -0.3 is 10.6 Å². The van der Waals surface area contributed by atoms with Crippen molar-refractivity contribution in [1.29, 1.82) is 0 Å². The highest BCUT2D eigenvalue weighted by atomic mass is 15.1. The topological polar surface area (TPSA) is 29.3 Å². The van der Waals surface area contributed by atoms with Crippen LogP contribution in [-0.2, 0) is 0 Å². The molecule has 1 fully saturated rings. The molecule has 0 amide bonds. The SMILES string of the molecule is CC(C)CN(CCCN)CC1CCC1. The molecule has 0 aromatic rings. The number of nitrogens with zero attached hydrogens (tertiary/aromatic N) is 1. The fourth-order valence-corrected chi connectivity index (χ4v) is 2.13. The third kappa shape index (κ3) is 4.43. The zero-order valence-electron chi connectivity index (χ0n) is 9.84. The normalized spacial score (nSPS) is 17.8. The highest BCUT2D eigenvalue weighted by molar-refractivity contribution is 4.74. The van der Waals surface area contributed by atoms with Gasteiger partial charge in [0.15, 0.2) is 0 Å². The Hall–Kier alpha value is -0.0800. The van der Waals surface area contributed by atoms with E-state index in [4.69, 9.17) is 5.73 Å². The third-order valence-corrected chi connectivity index (χ3v) is 3.04. The first-order valence-electron chi connectivity index (χ1n) is 6.14. The first kappa shape index (κ1) is 12.0. The maximum Gasteiger partial charge on any atom is 0.000978 e. The van der Waals surface area contributed by atoms with E-state index in [-0.39, 0.29) is 0 Å². The summed E-state index contributed by atoms with van der Waals surface area (Å²) in [7, 11) is 0. The predicted octanol–water partition coefficient (Wildman–Crippen LogP) is 2.09. The van der Waals surface area contributed by atoms with Crippen LogP contribution in [0.5, 0.6) is 0 Å². The zero-order chi connectivity index (χ0) is 10.4. The molecule has 0 aliphatic heterocycles. The van der Waals surface area contributed by atoms with E-state index in [9.17, 15) is 0 Å². The molecule has 1 aliphatic rings. The number of nitrogens with two attached hydrogens (primary N) is 1. The van der Waals surface area contributed by atoms with Crippen LogP contribution >= 0.6 is 0 Å². The molecule has 0 bridgehead atoms. The minimum Gasteiger partial charge on any atom is -0.330 e. The van der Waals surface area contributed by atoms with E-state index in [1.807, 2.05) is 0 Å². The van der Waals surface area contributed by atoms with E-state index < -0.39 is 0 Å². The van der Waals surface area contributed by atoms with Crippen molar-refractivity contribution in [1.82, 2.24) is 4.90 Å². The Bertz CT molecular complexity index is 141. The molecule has 84 valence electrons. The molecule has 2 heteroatoms. The van der Waals surface area contributed by atoms with Gasteiger partial charge in [-0.1, -0.05) is 20.3 Å². The van der Waals surface area contributed by atoms with Gasteiger partial charge in [0, 0.05) is 13.1 Å². The van der Waals surface area contributed by atoms with Crippen LogP contribution in [0.3, 0.4) is 0 Å². The van der Waals surface area contributed by atoms with E-state index in [2.05, 4.69) is 18.7 Å². The summed E-state index contributed by atoms with van der Waals surface area (Å²) in [6.07, 6.45) is 5.52. The molecule has 14 heavy (non-hydrogen) atoms. The van der Waals surface area contributed by atoms with Crippen LogP contribution in [0.25, 0.3) is 0 Å². The van der Waals surface area contributed by atoms with Crippen molar-refractivity contribution in [2.24, 2.45) is 17.6 Å². The lowest BCUT2D eigenvalue weighted by Crippen LogP contribution is -2.36. The summed E-state index contributed by atoms with van der Waals surface area (Å²) in [5.74, 6) is 1.78. The second-order valence-corrected chi connectivity index (χ2v) is 5.09. The molecule has 0 atom stereocenters. The summed E-state index contributed by atoms with van der Waals surface area (Å²) in [6, 6.07) is 0. The Labute approximate surface area is 88.8 Å². The van der Waals surface area contributed by atoms with Gasteiger partial charge in [-0.15, -0.1) is 0 Å². The van der Waals surface area contributed by atoms with Gasteiger partial charge in [-0.3, -0.25) is 0 Å². The Morgan fingerprint density at radius 1 is 1.36 bits per heavy atom. The maximum atomic E-state index is 5.56. The zero-order valence-corrected chi connectivity index (χ0v) is 9.84. The van der Waals surface area contributed by atoms with Crippen LogP contribution in [0, 0.1) is 11.8 Å². The van der Waals surface area contributed by atoms with Crippen molar-refractivity contribution in [2.45, 2.75) is 39.5 Å². The fraction of sp³-hybridized carbons (Fsp3) is 1.00. The molecule has 1 aliphatic carbocycles. The quantitative estimate of drug-likeness (QED) is 0.679. The van der Waals surface area contributed by atoms with Gasteiger partial charge in [-0.2, -0.15) is 0 Å². The van der Waals surface area contributed by atoms with Crippen LogP contribution < -0.4 is 5.73 Å². The lowest BCUT2D eigenvalue weighted by atomic mass is 9.85. The molecular formula is C12H26N2. The van der Waals surface area contributed by atoms with E-state index in [0.717, 1.165) is 24.8 Å². The summed E-state index contributed by atoms with van der Waals surface area (Å²) < 4.78 is 0. The lowest BCUT2D eigenvalue weighted by Gasteiger charge is -2.33. The average molecular weight is 198 g/mol. The summed E-state index contributed by atoms with van der Waals surface area (Å²) in [5.41, 5.74) is 5.56. The van der Waals surface area contributed by atoms with Crippen LogP contribution in [0.2, 0.25) is 0 Å². The van der Waals surface area contributed by atoms with Crippen molar-refractivity contribution < 1.29 is 0 Å². The molecule has 0 aromatic carbocycles. The maximum absolute atomic E-state index is 5.56. The van der Waals surface area contributed by atoms with E-state index in [1.54, 1.807) is 0 Å². The first-order valence-corrected chi connectivity index (χ1v) is 6.14. The van der Waals surface area contributed by atoms with Crippen LogP contribution in [-0.4, -0.2) is 31.1 Å². The minimum atomic E-state index is 0.785. The third-order valence-electron chi connectivity index (χ3n) is 3.04. The van der Waals surface area contributed by atoms with Crippen LogP contribution in [0.1, 0.15) is 39.5 Å². The molecular weight excluding hydrogens is 172 g/mol. The van der Waals surface area contributed by atoms with E-state index >= 15 is 0 Å². The van der Waals surface area contributed by atoms with Crippen molar-refractivity contribution >= 4 is 0 Å². The average Bonchev–Trinajstić information content (AvgIpc) is 2.05. The predicted molar refractivity (Wildman–Crippen MR) is 62.3 cm³/mol. The Morgan fingerprint density at radius 3 is 2.50 bits per heavy atom. The highest BCUT2D eigenvalue weighted by Crippen LogP contribution is 2.27.